The number of hydrogen-bond acceptors (Lipinski definition) is 3. The molecular formula is C46H27N3S. The third kappa shape index (κ3) is 3.91. The lowest BCUT2D eigenvalue weighted by Crippen LogP contribution is -1.98. The molecular weight excluding hydrogens is 627 g/mol. The second-order valence-corrected chi connectivity index (χ2v) is 14.0. The van der Waals surface area contributed by atoms with E-state index in [0.717, 1.165) is 33.4 Å². The lowest BCUT2D eigenvalue weighted by molar-refractivity contribution is 1.18. The standard InChI is InChI=1S/C46H27N3S/c1-2-17-31-28(13-1)14-12-23-34(31)43-35-20-5-8-24-38(35)47-46(48-43)29-15-11-16-30(27-29)49-39-25-9-6-21-36(39)41-32-18-3-4-19-33(32)42-37-22-7-10-26-40(37)50-45(42)44(41)49/h1-27H. The molecule has 0 fully saturated rings. The van der Waals surface area contributed by atoms with E-state index in [0.29, 0.717) is 5.82 Å². The molecule has 0 saturated carbocycles. The van der Waals surface area contributed by atoms with Crippen molar-refractivity contribution < 1.29 is 0 Å². The van der Waals surface area contributed by atoms with Crippen LogP contribution in [-0.2, 0) is 0 Å². The van der Waals surface area contributed by atoms with Gasteiger partial charge < -0.3 is 4.57 Å². The van der Waals surface area contributed by atoms with Crippen LogP contribution in [0.25, 0.3) is 103 Å². The quantitative estimate of drug-likeness (QED) is 0.190. The van der Waals surface area contributed by atoms with E-state index in [1.165, 1.54) is 63.5 Å². The third-order valence-electron chi connectivity index (χ3n) is 10.2. The molecule has 0 aliphatic heterocycles. The Kier molecular flexibility index (Phi) is 5.83. The maximum atomic E-state index is 5.34. The molecule has 0 N–H and O–H groups in total. The van der Waals surface area contributed by atoms with Crippen molar-refractivity contribution in [2.24, 2.45) is 0 Å². The van der Waals surface area contributed by atoms with Crippen LogP contribution in [-0.4, -0.2) is 14.5 Å². The molecule has 0 saturated heterocycles. The van der Waals surface area contributed by atoms with Crippen molar-refractivity contribution in [1.82, 2.24) is 14.5 Å². The first-order valence-electron chi connectivity index (χ1n) is 16.9. The summed E-state index contributed by atoms with van der Waals surface area (Å²) in [6, 6.07) is 58.6. The summed E-state index contributed by atoms with van der Waals surface area (Å²) < 4.78 is 5.07. The molecule has 3 aromatic heterocycles. The predicted octanol–water partition coefficient (Wildman–Crippen LogP) is 12.7. The molecule has 0 atom stereocenters. The number of nitrogens with zero attached hydrogens (tertiary/aromatic N) is 3. The summed E-state index contributed by atoms with van der Waals surface area (Å²) in [5, 5.41) is 11.2. The Morgan fingerprint density at radius 1 is 0.480 bits per heavy atom. The SMILES string of the molecule is c1cc(-c2nc(-c3cccc4ccccc34)c3ccccc3n2)cc(-n2c3ccccc3c3c4ccccc4c4c5ccccc5sc4c32)c1. The Morgan fingerprint density at radius 2 is 1.14 bits per heavy atom. The van der Waals surface area contributed by atoms with Gasteiger partial charge in [0, 0.05) is 48.4 Å². The van der Waals surface area contributed by atoms with E-state index in [4.69, 9.17) is 9.97 Å². The van der Waals surface area contributed by atoms with E-state index in [-0.39, 0.29) is 0 Å². The van der Waals surface area contributed by atoms with E-state index in [1.54, 1.807) is 0 Å². The summed E-state index contributed by atoms with van der Waals surface area (Å²) in [4.78, 5) is 10.5. The number of benzene rings is 8. The molecule has 0 unspecified atom stereocenters. The van der Waals surface area contributed by atoms with Gasteiger partial charge in [0.15, 0.2) is 5.82 Å². The van der Waals surface area contributed by atoms with Gasteiger partial charge in [-0.2, -0.15) is 0 Å². The number of fused-ring (bicyclic) bond motifs is 12. The molecule has 8 aromatic carbocycles. The van der Waals surface area contributed by atoms with Gasteiger partial charge >= 0.3 is 0 Å². The normalized spacial score (nSPS) is 12.0. The first kappa shape index (κ1) is 27.6. The van der Waals surface area contributed by atoms with Crippen molar-refractivity contribution in [1.29, 1.82) is 0 Å². The number of thiophene rings is 1. The fraction of sp³-hybridized carbons (Fsp3) is 0. The first-order valence-corrected chi connectivity index (χ1v) is 17.7. The molecule has 11 aromatic rings. The Morgan fingerprint density at radius 3 is 2.02 bits per heavy atom. The zero-order valence-corrected chi connectivity index (χ0v) is 27.7. The van der Waals surface area contributed by atoms with Gasteiger partial charge in [0.05, 0.1) is 26.9 Å². The Bertz CT molecular complexity index is 3160. The smallest absolute Gasteiger partial charge is 0.160 e. The van der Waals surface area contributed by atoms with E-state index >= 15 is 0 Å². The Hall–Kier alpha value is -6.36. The molecule has 4 heteroatoms. The second kappa shape index (κ2) is 10.6. The van der Waals surface area contributed by atoms with Crippen LogP contribution in [0.4, 0.5) is 0 Å². The lowest BCUT2D eigenvalue weighted by Gasteiger charge is -2.13. The van der Waals surface area contributed by atoms with E-state index in [2.05, 4.69) is 168 Å². The van der Waals surface area contributed by atoms with Crippen molar-refractivity contribution in [3.8, 4) is 28.3 Å². The summed E-state index contributed by atoms with van der Waals surface area (Å²) in [7, 11) is 0. The van der Waals surface area contributed by atoms with Gasteiger partial charge in [0.1, 0.15) is 0 Å². The summed E-state index contributed by atoms with van der Waals surface area (Å²) in [6.45, 7) is 0. The van der Waals surface area contributed by atoms with Crippen LogP contribution in [0, 0.1) is 0 Å². The molecule has 0 radical (unpaired) electrons. The van der Waals surface area contributed by atoms with Crippen LogP contribution in [0.2, 0.25) is 0 Å². The molecule has 0 aliphatic rings. The van der Waals surface area contributed by atoms with Gasteiger partial charge in [-0.05, 0) is 51.9 Å². The zero-order chi connectivity index (χ0) is 32.8. The second-order valence-electron chi connectivity index (χ2n) is 12.9. The highest BCUT2D eigenvalue weighted by molar-refractivity contribution is 7.27. The zero-order valence-electron chi connectivity index (χ0n) is 26.8. The number of aromatic nitrogens is 3. The van der Waals surface area contributed by atoms with Crippen molar-refractivity contribution in [2.75, 3.05) is 0 Å². The largest absolute Gasteiger partial charge is 0.308 e. The number of hydrogen-bond donors (Lipinski definition) is 0. The average Bonchev–Trinajstić information content (AvgIpc) is 3.74. The van der Waals surface area contributed by atoms with Crippen molar-refractivity contribution >= 4 is 85.8 Å². The van der Waals surface area contributed by atoms with Gasteiger partial charge in [-0.1, -0.05) is 133 Å². The molecule has 232 valence electrons. The molecule has 0 spiro atoms. The fourth-order valence-corrected chi connectivity index (χ4v) is 9.28. The number of para-hydroxylation sites is 2. The van der Waals surface area contributed by atoms with Gasteiger partial charge in [-0.3, -0.25) is 0 Å². The maximum absolute atomic E-state index is 5.34. The highest BCUT2D eigenvalue weighted by Gasteiger charge is 2.22. The first-order chi connectivity index (χ1) is 24.8. The van der Waals surface area contributed by atoms with Gasteiger partial charge in [0.2, 0.25) is 0 Å². The van der Waals surface area contributed by atoms with Gasteiger partial charge in [-0.15, -0.1) is 11.3 Å². The van der Waals surface area contributed by atoms with E-state index in [1.807, 2.05) is 11.3 Å². The Labute approximate surface area is 291 Å². The number of rotatable bonds is 3. The lowest BCUT2D eigenvalue weighted by atomic mass is 9.99. The fourth-order valence-electron chi connectivity index (χ4n) is 8.02. The van der Waals surface area contributed by atoms with Crippen LogP contribution in [0.15, 0.2) is 164 Å². The summed E-state index contributed by atoms with van der Waals surface area (Å²) in [6.07, 6.45) is 0. The van der Waals surface area contributed by atoms with Crippen molar-refractivity contribution in [2.45, 2.75) is 0 Å². The summed E-state index contributed by atoms with van der Waals surface area (Å²) >= 11 is 1.89. The minimum Gasteiger partial charge on any atom is -0.308 e. The molecule has 0 bridgehead atoms. The van der Waals surface area contributed by atoms with Gasteiger partial charge in [0.25, 0.3) is 0 Å². The molecule has 3 heterocycles. The molecule has 11 rings (SSSR count). The highest BCUT2D eigenvalue weighted by atomic mass is 32.1. The van der Waals surface area contributed by atoms with Crippen LogP contribution in [0.5, 0.6) is 0 Å². The monoisotopic (exact) mass is 653 g/mol. The predicted molar refractivity (Wildman–Crippen MR) is 213 cm³/mol. The van der Waals surface area contributed by atoms with Crippen molar-refractivity contribution in [3.63, 3.8) is 0 Å². The Balaban J connectivity index is 1.22. The van der Waals surface area contributed by atoms with Crippen LogP contribution < -0.4 is 0 Å². The molecule has 50 heavy (non-hydrogen) atoms. The highest BCUT2D eigenvalue weighted by Crippen LogP contribution is 2.48. The summed E-state index contributed by atoms with van der Waals surface area (Å²) in [5.41, 5.74) is 7.49. The van der Waals surface area contributed by atoms with Crippen LogP contribution >= 0.6 is 11.3 Å². The minimum atomic E-state index is 0.715. The third-order valence-corrected chi connectivity index (χ3v) is 11.3. The average molecular weight is 654 g/mol. The van der Waals surface area contributed by atoms with Crippen LogP contribution in [0.1, 0.15) is 0 Å². The maximum Gasteiger partial charge on any atom is 0.160 e. The molecule has 0 amide bonds. The van der Waals surface area contributed by atoms with Crippen LogP contribution in [0.3, 0.4) is 0 Å². The molecule has 3 nitrogen and oxygen atoms in total. The molecule has 0 aliphatic carbocycles. The van der Waals surface area contributed by atoms with E-state index in [9.17, 15) is 0 Å². The van der Waals surface area contributed by atoms with Gasteiger partial charge in [-0.25, -0.2) is 9.97 Å². The minimum absolute atomic E-state index is 0.715. The summed E-state index contributed by atoms with van der Waals surface area (Å²) in [5.74, 6) is 0.715. The van der Waals surface area contributed by atoms with Crippen molar-refractivity contribution in [3.05, 3.63) is 164 Å². The topological polar surface area (TPSA) is 30.7 Å². The van der Waals surface area contributed by atoms with E-state index < -0.39 is 0 Å².